The van der Waals surface area contributed by atoms with Gasteiger partial charge in [0, 0.05) is 32.8 Å². The Bertz CT molecular complexity index is 3600. The number of nitrogens with zero attached hydrogens (tertiary/aromatic N) is 1. The summed E-state index contributed by atoms with van der Waals surface area (Å²) >= 11 is 0. The number of para-hydroxylation sites is 1. The Morgan fingerprint density at radius 2 is 0.900 bits per heavy atom. The van der Waals surface area contributed by atoms with E-state index in [-0.39, 0.29) is 0 Å². The minimum absolute atomic E-state index is 0.871. The summed E-state index contributed by atoms with van der Waals surface area (Å²) in [6.07, 6.45) is 0. The highest BCUT2D eigenvalue weighted by Crippen LogP contribution is 2.48. The van der Waals surface area contributed by atoms with Crippen molar-refractivity contribution in [2.75, 3.05) is 4.90 Å². The Balaban J connectivity index is 1.13. The lowest BCUT2D eigenvalue weighted by molar-refractivity contribution is 0.672. The molecule has 2 heteroatoms. The molecule has 0 spiro atoms. The van der Waals surface area contributed by atoms with E-state index in [2.05, 4.69) is 229 Å². The van der Waals surface area contributed by atoms with Crippen molar-refractivity contribution in [2.45, 2.75) is 0 Å². The Labute approximate surface area is 347 Å². The second kappa shape index (κ2) is 13.9. The number of fused-ring (bicyclic) bond motifs is 9. The highest BCUT2D eigenvalue weighted by molar-refractivity contribution is 6.17. The van der Waals surface area contributed by atoms with Gasteiger partial charge in [0.25, 0.3) is 0 Å². The summed E-state index contributed by atoms with van der Waals surface area (Å²) in [5.41, 5.74) is 12.1. The van der Waals surface area contributed by atoms with Crippen molar-refractivity contribution in [2.24, 2.45) is 0 Å². The fraction of sp³-hybridized carbons (Fsp3) is 0. The van der Waals surface area contributed by atoms with Crippen LogP contribution in [-0.2, 0) is 0 Å². The fourth-order valence-corrected chi connectivity index (χ4v) is 9.35. The van der Waals surface area contributed by atoms with E-state index in [4.69, 9.17) is 4.42 Å². The van der Waals surface area contributed by atoms with Gasteiger partial charge in [0.05, 0.1) is 11.4 Å². The second-order valence-electron chi connectivity index (χ2n) is 15.6. The third-order valence-electron chi connectivity index (χ3n) is 12.2. The van der Waals surface area contributed by atoms with Crippen molar-refractivity contribution in [3.8, 4) is 33.4 Å². The zero-order chi connectivity index (χ0) is 39.6. The summed E-state index contributed by atoms with van der Waals surface area (Å²) in [5.74, 6) is 0. The fourth-order valence-electron chi connectivity index (χ4n) is 9.35. The monoisotopic (exact) mass is 763 g/mol. The predicted octanol–water partition coefficient (Wildman–Crippen LogP) is 16.7. The van der Waals surface area contributed by atoms with Crippen LogP contribution in [0.2, 0.25) is 0 Å². The van der Waals surface area contributed by atoms with Gasteiger partial charge in [-0.3, -0.25) is 0 Å². The molecule has 0 fully saturated rings. The van der Waals surface area contributed by atoms with Crippen LogP contribution in [0.5, 0.6) is 0 Å². The number of anilines is 3. The number of benzene rings is 11. The van der Waals surface area contributed by atoms with Gasteiger partial charge >= 0.3 is 0 Å². The lowest BCUT2D eigenvalue weighted by Gasteiger charge is -2.30. The molecule has 0 aliphatic carbocycles. The van der Waals surface area contributed by atoms with Crippen LogP contribution in [0.25, 0.3) is 98.4 Å². The maximum absolute atomic E-state index is 6.66. The van der Waals surface area contributed by atoms with Crippen molar-refractivity contribution in [1.82, 2.24) is 0 Å². The molecule has 2 nitrogen and oxygen atoms in total. The van der Waals surface area contributed by atoms with Gasteiger partial charge < -0.3 is 9.32 Å². The summed E-state index contributed by atoms with van der Waals surface area (Å²) in [6, 6.07) is 81.4. The molecule has 0 atom stereocenters. The lowest BCUT2D eigenvalue weighted by Crippen LogP contribution is -2.12. The molecule has 0 bridgehead atoms. The smallest absolute Gasteiger partial charge is 0.143 e. The molecular weight excluding hydrogens is 727 g/mol. The molecule has 0 amide bonds. The summed E-state index contributed by atoms with van der Waals surface area (Å²) in [5, 5.41) is 11.8. The topological polar surface area (TPSA) is 16.4 Å². The van der Waals surface area contributed by atoms with Gasteiger partial charge in [0.1, 0.15) is 11.2 Å². The SMILES string of the molecule is c1ccc(-c2ccc(-c3ccccc3N(c3ccc4oc5c6ccccc6ccc5c4c3)c3cc(-c4cc5ccccc5c5ccccc45)cc4ccccc34)cc2)cc1. The van der Waals surface area contributed by atoms with Gasteiger partial charge in [-0.15, -0.1) is 0 Å². The van der Waals surface area contributed by atoms with Crippen LogP contribution in [0, 0.1) is 0 Å². The van der Waals surface area contributed by atoms with Crippen molar-refractivity contribution in [3.63, 3.8) is 0 Å². The van der Waals surface area contributed by atoms with Crippen LogP contribution in [0.4, 0.5) is 17.1 Å². The highest BCUT2D eigenvalue weighted by Gasteiger charge is 2.23. The molecule has 11 aromatic carbocycles. The molecule has 12 rings (SSSR count). The van der Waals surface area contributed by atoms with E-state index in [1.807, 2.05) is 0 Å². The standard InChI is InChI=1S/C58H37NO/c1-2-14-38(15-3-1)39-26-28-41(29-27-39)47-20-12-13-25-55(47)59(45-31-33-57-54(37-45)52-32-30-40-16-4-9-22-49(40)58(52)60-57)56-36-44(34-42-17-6-8-21-48(42)56)53-35-43-18-5-7-19-46(43)50-23-10-11-24-51(50)53/h1-37H. The van der Waals surface area contributed by atoms with Crippen molar-refractivity contribution < 1.29 is 4.42 Å². The van der Waals surface area contributed by atoms with Gasteiger partial charge in [-0.1, -0.05) is 176 Å². The molecule has 0 saturated carbocycles. The van der Waals surface area contributed by atoms with Crippen LogP contribution < -0.4 is 4.90 Å². The first kappa shape index (κ1) is 34.1. The number of furan rings is 1. The van der Waals surface area contributed by atoms with Crippen LogP contribution in [-0.4, -0.2) is 0 Å². The maximum atomic E-state index is 6.66. The molecule has 0 aliphatic rings. The van der Waals surface area contributed by atoms with Gasteiger partial charge in [0.15, 0.2) is 0 Å². The van der Waals surface area contributed by atoms with Crippen molar-refractivity contribution in [3.05, 3.63) is 224 Å². The predicted molar refractivity (Wildman–Crippen MR) is 255 cm³/mol. The number of hydrogen-bond acceptors (Lipinski definition) is 2. The molecule has 0 radical (unpaired) electrons. The van der Waals surface area contributed by atoms with E-state index in [0.29, 0.717) is 0 Å². The molecule has 0 N–H and O–H groups in total. The Morgan fingerprint density at radius 3 is 1.72 bits per heavy atom. The molecule has 0 unspecified atom stereocenters. The second-order valence-corrected chi connectivity index (χ2v) is 15.6. The first-order valence-corrected chi connectivity index (χ1v) is 20.6. The van der Waals surface area contributed by atoms with Crippen LogP contribution in [0.15, 0.2) is 229 Å². The van der Waals surface area contributed by atoms with E-state index < -0.39 is 0 Å². The quantitative estimate of drug-likeness (QED) is 0.157. The van der Waals surface area contributed by atoms with E-state index in [1.54, 1.807) is 0 Å². The minimum Gasteiger partial charge on any atom is -0.455 e. The molecule has 60 heavy (non-hydrogen) atoms. The van der Waals surface area contributed by atoms with Crippen LogP contribution in [0.1, 0.15) is 0 Å². The van der Waals surface area contributed by atoms with Gasteiger partial charge in [-0.25, -0.2) is 0 Å². The summed E-state index contributed by atoms with van der Waals surface area (Å²) in [7, 11) is 0. The average molecular weight is 764 g/mol. The molecule has 280 valence electrons. The third-order valence-corrected chi connectivity index (χ3v) is 12.2. The molecule has 0 aliphatic heterocycles. The van der Waals surface area contributed by atoms with Crippen molar-refractivity contribution >= 4 is 82.1 Å². The van der Waals surface area contributed by atoms with Crippen molar-refractivity contribution in [1.29, 1.82) is 0 Å². The Kier molecular flexibility index (Phi) is 7.89. The minimum atomic E-state index is 0.871. The maximum Gasteiger partial charge on any atom is 0.143 e. The molecule has 12 aromatic rings. The van der Waals surface area contributed by atoms with Gasteiger partial charge in [-0.2, -0.15) is 0 Å². The lowest BCUT2D eigenvalue weighted by atomic mass is 9.91. The summed E-state index contributed by atoms with van der Waals surface area (Å²) < 4.78 is 6.66. The normalized spacial score (nSPS) is 11.7. The van der Waals surface area contributed by atoms with Crippen LogP contribution >= 0.6 is 0 Å². The molecular formula is C58H37NO. The molecule has 0 saturated heterocycles. The van der Waals surface area contributed by atoms with Gasteiger partial charge in [-0.05, 0) is 109 Å². The average Bonchev–Trinajstić information content (AvgIpc) is 3.70. The molecule has 1 heterocycles. The zero-order valence-corrected chi connectivity index (χ0v) is 32.7. The number of rotatable bonds is 6. The van der Waals surface area contributed by atoms with Crippen LogP contribution in [0.3, 0.4) is 0 Å². The van der Waals surface area contributed by atoms with E-state index in [0.717, 1.165) is 55.5 Å². The third kappa shape index (κ3) is 5.57. The first-order valence-electron chi connectivity index (χ1n) is 20.6. The van der Waals surface area contributed by atoms with Gasteiger partial charge in [0.2, 0.25) is 0 Å². The molecule has 1 aromatic heterocycles. The van der Waals surface area contributed by atoms with E-state index >= 15 is 0 Å². The Hall–Kier alpha value is -7.94. The first-order chi connectivity index (χ1) is 29.7. The summed E-state index contributed by atoms with van der Waals surface area (Å²) in [6.45, 7) is 0. The number of hydrogen-bond donors (Lipinski definition) is 0. The highest BCUT2D eigenvalue weighted by atomic mass is 16.3. The largest absolute Gasteiger partial charge is 0.455 e. The zero-order valence-electron chi connectivity index (χ0n) is 32.7. The van der Waals surface area contributed by atoms with E-state index in [1.165, 1.54) is 60.0 Å². The van der Waals surface area contributed by atoms with E-state index in [9.17, 15) is 0 Å². The summed E-state index contributed by atoms with van der Waals surface area (Å²) in [4.78, 5) is 2.47. The Morgan fingerprint density at radius 1 is 0.283 bits per heavy atom.